The predicted molar refractivity (Wildman–Crippen MR) is 139 cm³/mol. The summed E-state index contributed by atoms with van der Waals surface area (Å²) in [6, 6.07) is 23.6. The van der Waals surface area contributed by atoms with Gasteiger partial charge in [0, 0.05) is 27.3 Å². The average molecular weight is 486 g/mol. The molecule has 2 heterocycles. The van der Waals surface area contributed by atoms with Crippen LogP contribution < -0.4 is 4.90 Å². The van der Waals surface area contributed by atoms with Crippen molar-refractivity contribution in [2.45, 2.75) is 6.92 Å². The molecule has 0 fully saturated rings. The Kier molecular flexibility index (Phi) is 4.37. The number of carbonyl (C=O) groups is 4. The van der Waals surface area contributed by atoms with Crippen LogP contribution in [0, 0.1) is 0 Å². The molecular formula is C30H18N2O5. The van der Waals surface area contributed by atoms with E-state index < -0.39 is 23.6 Å². The molecule has 7 rings (SSSR count). The molecule has 0 saturated carbocycles. The van der Waals surface area contributed by atoms with E-state index in [4.69, 9.17) is 4.84 Å². The highest BCUT2D eigenvalue weighted by Gasteiger charge is 2.41. The number of imide groups is 2. The summed E-state index contributed by atoms with van der Waals surface area (Å²) in [6.45, 7) is 1.82. The number of hydrogen-bond donors (Lipinski definition) is 0. The molecule has 0 atom stereocenters. The van der Waals surface area contributed by atoms with Crippen LogP contribution in [0.5, 0.6) is 0 Å². The molecule has 5 aromatic carbocycles. The molecular weight excluding hydrogens is 468 g/mol. The van der Waals surface area contributed by atoms with Gasteiger partial charge in [-0.15, -0.1) is 5.06 Å². The Morgan fingerprint density at radius 3 is 1.68 bits per heavy atom. The Morgan fingerprint density at radius 2 is 1.11 bits per heavy atom. The van der Waals surface area contributed by atoms with Crippen LogP contribution in [-0.4, -0.2) is 35.3 Å². The van der Waals surface area contributed by atoms with E-state index in [-0.39, 0.29) is 28.9 Å². The number of rotatable bonds is 3. The Bertz CT molecular complexity index is 1820. The molecule has 7 heteroatoms. The number of amides is 4. The minimum atomic E-state index is -0.619. The lowest BCUT2D eigenvalue weighted by molar-refractivity contribution is -0.0903. The molecule has 37 heavy (non-hydrogen) atoms. The zero-order valence-electron chi connectivity index (χ0n) is 19.6. The molecule has 0 aliphatic carbocycles. The van der Waals surface area contributed by atoms with Gasteiger partial charge in [0.25, 0.3) is 23.6 Å². The minimum Gasteiger partial charge on any atom is -0.268 e. The maximum absolute atomic E-state index is 13.9. The molecule has 0 spiro atoms. The van der Waals surface area contributed by atoms with Crippen LogP contribution in [-0.2, 0) is 4.84 Å². The van der Waals surface area contributed by atoms with Crippen molar-refractivity contribution in [2.75, 3.05) is 11.5 Å². The first-order valence-electron chi connectivity index (χ1n) is 11.9. The summed E-state index contributed by atoms with van der Waals surface area (Å²) in [6.07, 6.45) is 0. The van der Waals surface area contributed by atoms with E-state index in [1.54, 1.807) is 25.1 Å². The van der Waals surface area contributed by atoms with Gasteiger partial charge < -0.3 is 0 Å². The number of hydroxylamine groups is 2. The van der Waals surface area contributed by atoms with Gasteiger partial charge >= 0.3 is 0 Å². The third-order valence-corrected chi connectivity index (χ3v) is 7.08. The summed E-state index contributed by atoms with van der Waals surface area (Å²) < 4.78 is 0. The summed E-state index contributed by atoms with van der Waals surface area (Å²) in [7, 11) is 0. The molecule has 0 unspecified atom stereocenters. The van der Waals surface area contributed by atoms with Crippen LogP contribution >= 0.6 is 0 Å². The predicted octanol–water partition coefficient (Wildman–Crippen LogP) is 5.49. The molecule has 0 N–H and O–H groups in total. The van der Waals surface area contributed by atoms with Gasteiger partial charge in [-0.25, -0.2) is 4.90 Å². The van der Waals surface area contributed by atoms with Crippen molar-refractivity contribution in [3.8, 4) is 0 Å². The van der Waals surface area contributed by atoms with Gasteiger partial charge in [-0.05, 0) is 65.5 Å². The van der Waals surface area contributed by atoms with E-state index in [1.807, 2.05) is 48.5 Å². The first kappa shape index (κ1) is 21.4. The van der Waals surface area contributed by atoms with Gasteiger partial charge in [-0.1, -0.05) is 36.4 Å². The zero-order chi connectivity index (χ0) is 25.4. The fraction of sp³-hybridized carbons (Fsp3) is 0.0667. The van der Waals surface area contributed by atoms with Crippen molar-refractivity contribution < 1.29 is 24.0 Å². The van der Waals surface area contributed by atoms with Gasteiger partial charge in [0.1, 0.15) is 0 Å². The summed E-state index contributed by atoms with van der Waals surface area (Å²) in [5, 5.41) is 5.10. The fourth-order valence-electron chi connectivity index (χ4n) is 5.46. The zero-order valence-corrected chi connectivity index (χ0v) is 19.6. The van der Waals surface area contributed by atoms with Crippen molar-refractivity contribution in [1.29, 1.82) is 0 Å². The van der Waals surface area contributed by atoms with Crippen LogP contribution in [0.4, 0.5) is 5.69 Å². The number of benzene rings is 5. The Balaban J connectivity index is 1.46. The molecule has 0 bridgehead atoms. The molecule has 0 aromatic heterocycles. The standard InChI is InChI=1S/C30H18N2O5/c1-2-37-32-29(35)21-12-10-19-25-20(11-13-22(26(21)25)30(32)36)28(34)31(27(19)33)24-9-5-8-18-14-16-6-3-4-7-17(16)15-23(18)24/h3-15H,2H2,1H3. The molecule has 5 aromatic rings. The van der Waals surface area contributed by atoms with E-state index in [2.05, 4.69) is 0 Å². The van der Waals surface area contributed by atoms with Crippen molar-refractivity contribution in [1.82, 2.24) is 5.06 Å². The lowest BCUT2D eigenvalue weighted by Crippen LogP contribution is -2.43. The van der Waals surface area contributed by atoms with Gasteiger partial charge in [0.05, 0.1) is 23.4 Å². The molecule has 178 valence electrons. The highest BCUT2D eigenvalue weighted by molar-refractivity contribution is 6.40. The van der Waals surface area contributed by atoms with Gasteiger partial charge in [0.15, 0.2) is 0 Å². The molecule has 2 aliphatic rings. The van der Waals surface area contributed by atoms with Crippen molar-refractivity contribution in [3.05, 3.63) is 101 Å². The van der Waals surface area contributed by atoms with Crippen LogP contribution in [0.3, 0.4) is 0 Å². The summed E-state index contributed by atoms with van der Waals surface area (Å²) in [5.41, 5.74) is 1.44. The van der Waals surface area contributed by atoms with Crippen LogP contribution in [0.1, 0.15) is 48.4 Å². The van der Waals surface area contributed by atoms with Crippen molar-refractivity contribution in [3.63, 3.8) is 0 Å². The quantitative estimate of drug-likeness (QED) is 0.249. The largest absolute Gasteiger partial charge is 0.285 e. The third kappa shape index (κ3) is 2.80. The molecule has 0 radical (unpaired) electrons. The van der Waals surface area contributed by atoms with E-state index >= 15 is 0 Å². The van der Waals surface area contributed by atoms with Gasteiger partial charge in [-0.2, -0.15) is 0 Å². The summed E-state index contributed by atoms with van der Waals surface area (Å²) in [4.78, 5) is 60.3. The average Bonchev–Trinajstić information content (AvgIpc) is 2.92. The van der Waals surface area contributed by atoms with E-state index in [1.165, 1.54) is 17.0 Å². The number of fused-ring (bicyclic) bond motifs is 2. The van der Waals surface area contributed by atoms with Gasteiger partial charge in [-0.3, -0.25) is 24.0 Å². The smallest absolute Gasteiger partial charge is 0.268 e. The first-order valence-corrected chi connectivity index (χ1v) is 11.9. The van der Waals surface area contributed by atoms with E-state index in [9.17, 15) is 19.2 Å². The maximum Gasteiger partial charge on any atom is 0.285 e. The van der Waals surface area contributed by atoms with Crippen molar-refractivity contribution in [2.24, 2.45) is 0 Å². The van der Waals surface area contributed by atoms with Crippen LogP contribution in [0.15, 0.2) is 78.9 Å². The molecule has 4 amide bonds. The van der Waals surface area contributed by atoms with E-state index in [0.29, 0.717) is 16.5 Å². The number of nitrogens with zero attached hydrogens (tertiary/aromatic N) is 2. The lowest BCUT2D eigenvalue weighted by atomic mass is 9.86. The number of anilines is 1. The monoisotopic (exact) mass is 486 g/mol. The van der Waals surface area contributed by atoms with Crippen LogP contribution in [0.25, 0.3) is 32.3 Å². The summed E-state index contributed by atoms with van der Waals surface area (Å²) >= 11 is 0. The van der Waals surface area contributed by atoms with Gasteiger partial charge in [0.2, 0.25) is 0 Å². The highest BCUT2D eigenvalue weighted by Crippen LogP contribution is 2.40. The Morgan fingerprint density at radius 1 is 0.595 bits per heavy atom. The Labute approximate surface area is 210 Å². The maximum atomic E-state index is 13.9. The topological polar surface area (TPSA) is 84.0 Å². The van der Waals surface area contributed by atoms with Crippen molar-refractivity contribution >= 4 is 61.6 Å². The highest BCUT2D eigenvalue weighted by atomic mass is 16.7. The molecule has 2 aliphatic heterocycles. The Hall–Kier alpha value is -4.88. The summed E-state index contributed by atoms with van der Waals surface area (Å²) in [5.74, 6) is -2.25. The molecule has 0 saturated heterocycles. The SMILES string of the molecule is CCON1C(=O)c2ccc3c4c(ccc(c24)C1=O)C(=O)N(c1cccc2cc4ccccc4cc12)C3=O. The minimum absolute atomic E-state index is 0.137. The lowest BCUT2D eigenvalue weighted by Gasteiger charge is -2.31. The fourth-order valence-corrected chi connectivity index (χ4v) is 5.46. The van der Waals surface area contributed by atoms with E-state index in [0.717, 1.165) is 26.6 Å². The first-order chi connectivity index (χ1) is 18.0. The van der Waals surface area contributed by atoms with Crippen LogP contribution in [0.2, 0.25) is 0 Å². The second kappa shape index (κ2) is 7.56. The number of carbonyl (C=O) groups excluding carboxylic acids is 4. The molecule has 7 nitrogen and oxygen atoms in total. The second-order valence-corrected chi connectivity index (χ2v) is 9.04. The normalized spacial score (nSPS) is 14.9. The number of hydrogen-bond acceptors (Lipinski definition) is 5. The third-order valence-electron chi connectivity index (χ3n) is 7.08. The second-order valence-electron chi connectivity index (χ2n) is 9.04.